The van der Waals surface area contributed by atoms with Crippen molar-refractivity contribution in [3.8, 4) is 0 Å². The molecule has 96 valence electrons. The van der Waals surface area contributed by atoms with E-state index in [1.165, 1.54) is 0 Å². The summed E-state index contributed by atoms with van der Waals surface area (Å²) >= 11 is 5.07. The van der Waals surface area contributed by atoms with E-state index in [2.05, 4.69) is 15.9 Å². The van der Waals surface area contributed by atoms with Crippen LogP contribution >= 0.6 is 27.3 Å². The molecular weight excluding hydrogens is 324 g/mol. The molecule has 0 spiro atoms. The first-order chi connectivity index (χ1) is 9.20. The molecule has 0 aliphatic rings. The molecule has 0 unspecified atom stereocenters. The summed E-state index contributed by atoms with van der Waals surface area (Å²) < 4.78 is 7.65. The van der Waals surface area contributed by atoms with Crippen molar-refractivity contribution in [1.82, 2.24) is 0 Å². The van der Waals surface area contributed by atoms with Crippen LogP contribution in [0.3, 0.4) is 0 Å². The molecule has 0 aliphatic heterocycles. The molecule has 0 amide bonds. The van der Waals surface area contributed by atoms with E-state index < -0.39 is 0 Å². The van der Waals surface area contributed by atoms with Crippen molar-refractivity contribution >= 4 is 43.1 Å². The van der Waals surface area contributed by atoms with E-state index in [1.54, 1.807) is 17.4 Å². The van der Waals surface area contributed by atoms with E-state index in [9.17, 15) is 4.79 Å². The largest absolute Gasteiger partial charge is 0.458 e. The number of furan rings is 1. The number of carbonyl (C=O) groups excluding carboxylic acids is 1. The number of hydrogen-bond donors (Lipinski definition) is 0. The summed E-state index contributed by atoms with van der Waals surface area (Å²) in [4.78, 5) is 12.5. The van der Waals surface area contributed by atoms with Gasteiger partial charge in [-0.2, -0.15) is 0 Å². The van der Waals surface area contributed by atoms with Crippen LogP contribution in [-0.4, -0.2) is 5.78 Å². The van der Waals surface area contributed by atoms with Gasteiger partial charge in [0.15, 0.2) is 5.76 Å². The van der Waals surface area contributed by atoms with Crippen molar-refractivity contribution in [1.29, 1.82) is 0 Å². The molecule has 0 saturated carbocycles. The first-order valence-electron chi connectivity index (χ1n) is 6.00. The maximum Gasteiger partial charge on any atom is 0.229 e. The fraction of sp³-hybridized carbons (Fsp3) is 0.133. The number of halogens is 1. The zero-order valence-corrected chi connectivity index (χ0v) is 12.7. The molecule has 0 fully saturated rings. The van der Waals surface area contributed by atoms with Crippen LogP contribution in [0.2, 0.25) is 0 Å². The Kier molecular flexibility index (Phi) is 3.29. The van der Waals surface area contributed by atoms with Crippen LogP contribution in [-0.2, 0) is 6.42 Å². The summed E-state index contributed by atoms with van der Waals surface area (Å²) in [5.74, 6) is 1.20. The first-order valence-corrected chi connectivity index (χ1v) is 7.67. The Morgan fingerprint density at radius 1 is 1.32 bits per heavy atom. The molecule has 4 heteroatoms. The lowest BCUT2D eigenvalue weighted by atomic mass is 10.1. The highest BCUT2D eigenvalue weighted by Gasteiger charge is 2.18. The highest BCUT2D eigenvalue weighted by atomic mass is 79.9. The average molecular weight is 335 g/mol. The quantitative estimate of drug-likeness (QED) is 0.627. The van der Waals surface area contributed by atoms with Gasteiger partial charge in [0.25, 0.3) is 0 Å². The molecule has 0 aliphatic carbocycles. The monoisotopic (exact) mass is 334 g/mol. The summed E-state index contributed by atoms with van der Waals surface area (Å²) in [6, 6.07) is 9.50. The van der Waals surface area contributed by atoms with Gasteiger partial charge in [0.05, 0.1) is 0 Å². The van der Waals surface area contributed by atoms with Gasteiger partial charge in [-0.05, 0) is 34.1 Å². The highest BCUT2D eigenvalue weighted by molar-refractivity contribution is 9.10. The maximum absolute atomic E-state index is 12.5. The Hall–Kier alpha value is -1.39. The van der Waals surface area contributed by atoms with E-state index in [0.717, 1.165) is 26.7 Å². The molecule has 3 rings (SSSR count). The van der Waals surface area contributed by atoms with E-state index in [1.807, 2.05) is 36.6 Å². The molecule has 0 N–H and O–H groups in total. The minimum Gasteiger partial charge on any atom is -0.458 e. The lowest BCUT2D eigenvalue weighted by Gasteiger charge is -1.97. The molecule has 2 heterocycles. The predicted octanol–water partition coefficient (Wildman–Crippen LogP) is 5.05. The Morgan fingerprint density at radius 2 is 2.16 bits per heavy atom. The third-order valence-corrected chi connectivity index (χ3v) is 4.98. The van der Waals surface area contributed by atoms with Crippen LogP contribution in [0.15, 0.2) is 44.6 Å². The molecule has 2 aromatic heterocycles. The fourth-order valence-corrected chi connectivity index (χ4v) is 3.62. The van der Waals surface area contributed by atoms with E-state index in [0.29, 0.717) is 11.3 Å². The van der Waals surface area contributed by atoms with E-state index in [4.69, 9.17) is 4.42 Å². The number of rotatable bonds is 3. The van der Waals surface area contributed by atoms with E-state index in [-0.39, 0.29) is 5.78 Å². The van der Waals surface area contributed by atoms with Crippen LogP contribution in [0.5, 0.6) is 0 Å². The van der Waals surface area contributed by atoms with Gasteiger partial charge < -0.3 is 4.42 Å². The molecule has 3 aromatic rings. The molecule has 0 radical (unpaired) electrons. The third-order valence-electron chi connectivity index (χ3n) is 3.03. The SMILES string of the molecule is CCc1ccc(C(=O)c2csc3c(Br)cccc23)o1. The maximum atomic E-state index is 12.5. The van der Waals surface area contributed by atoms with Gasteiger partial charge in [0.2, 0.25) is 5.78 Å². The van der Waals surface area contributed by atoms with Crippen molar-refractivity contribution in [3.05, 3.63) is 57.3 Å². The van der Waals surface area contributed by atoms with Crippen LogP contribution in [0.4, 0.5) is 0 Å². The second-order valence-electron chi connectivity index (χ2n) is 4.21. The molecule has 1 aromatic carbocycles. The van der Waals surface area contributed by atoms with Gasteiger partial charge in [-0.25, -0.2) is 0 Å². The van der Waals surface area contributed by atoms with Crippen molar-refractivity contribution < 1.29 is 9.21 Å². The fourth-order valence-electron chi connectivity index (χ4n) is 2.02. The number of benzene rings is 1. The van der Waals surface area contributed by atoms with Gasteiger partial charge in [-0.15, -0.1) is 11.3 Å². The Bertz CT molecular complexity index is 754. The van der Waals surface area contributed by atoms with Crippen LogP contribution in [0, 0.1) is 0 Å². The molecular formula is C15H11BrO2S. The van der Waals surface area contributed by atoms with Crippen LogP contribution in [0.25, 0.3) is 10.1 Å². The van der Waals surface area contributed by atoms with Gasteiger partial charge in [-0.3, -0.25) is 4.79 Å². The second-order valence-corrected chi connectivity index (χ2v) is 5.95. The molecule has 19 heavy (non-hydrogen) atoms. The van der Waals surface area contributed by atoms with Crippen molar-refractivity contribution in [2.24, 2.45) is 0 Å². The molecule has 0 bridgehead atoms. The van der Waals surface area contributed by atoms with Gasteiger partial charge in [0.1, 0.15) is 5.76 Å². The highest BCUT2D eigenvalue weighted by Crippen LogP contribution is 2.33. The number of fused-ring (bicyclic) bond motifs is 1. The van der Waals surface area contributed by atoms with Gasteiger partial charge in [-0.1, -0.05) is 19.1 Å². The number of aryl methyl sites for hydroxylation is 1. The number of ketones is 1. The zero-order chi connectivity index (χ0) is 13.4. The Morgan fingerprint density at radius 3 is 2.89 bits per heavy atom. The summed E-state index contributed by atoms with van der Waals surface area (Å²) in [5.41, 5.74) is 0.707. The van der Waals surface area contributed by atoms with Crippen LogP contribution < -0.4 is 0 Å². The lowest BCUT2D eigenvalue weighted by Crippen LogP contribution is -1.98. The van der Waals surface area contributed by atoms with Crippen LogP contribution in [0.1, 0.15) is 28.8 Å². The summed E-state index contributed by atoms with van der Waals surface area (Å²) in [7, 11) is 0. The topological polar surface area (TPSA) is 30.2 Å². The third kappa shape index (κ3) is 2.15. The first kappa shape index (κ1) is 12.6. The van der Waals surface area contributed by atoms with Gasteiger partial charge in [0, 0.05) is 31.9 Å². The average Bonchev–Trinajstić information content (AvgIpc) is 3.05. The lowest BCUT2D eigenvalue weighted by molar-refractivity contribution is 0.101. The second kappa shape index (κ2) is 4.94. The molecule has 0 atom stereocenters. The zero-order valence-electron chi connectivity index (χ0n) is 10.3. The summed E-state index contributed by atoms with van der Waals surface area (Å²) in [6.45, 7) is 2.00. The minimum absolute atomic E-state index is 0.0518. The van der Waals surface area contributed by atoms with Crippen molar-refractivity contribution in [2.75, 3.05) is 0 Å². The molecule has 2 nitrogen and oxygen atoms in total. The van der Waals surface area contributed by atoms with Gasteiger partial charge >= 0.3 is 0 Å². The van der Waals surface area contributed by atoms with Crippen molar-refractivity contribution in [2.45, 2.75) is 13.3 Å². The molecule has 0 saturated heterocycles. The van der Waals surface area contributed by atoms with E-state index >= 15 is 0 Å². The van der Waals surface area contributed by atoms with Crippen molar-refractivity contribution in [3.63, 3.8) is 0 Å². The normalized spacial score (nSPS) is 11.1. The Labute approximate surface area is 123 Å². The smallest absolute Gasteiger partial charge is 0.229 e. The summed E-state index contributed by atoms with van der Waals surface area (Å²) in [5, 5.41) is 2.87. The standard InChI is InChI=1S/C15H11BrO2S/c1-2-9-6-7-13(18-9)14(17)11-8-19-15-10(11)4-3-5-12(15)16/h3-8H,2H2,1H3. The summed E-state index contributed by atoms with van der Waals surface area (Å²) in [6.07, 6.45) is 0.795. The predicted molar refractivity (Wildman–Crippen MR) is 81.0 cm³/mol. The number of hydrogen-bond acceptors (Lipinski definition) is 3. The number of carbonyl (C=O) groups is 1. The Balaban J connectivity index is 2.09. The number of thiophene rings is 1. The minimum atomic E-state index is -0.0518.